The van der Waals surface area contributed by atoms with Crippen LogP contribution in [-0.2, 0) is 9.59 Å². The minimum absolute atomic E-state index is 0.00475. The Morgan fingerprint density at radius 2 is 1.95 bits per heavy atom. The second-order valence-electron chi connectivity index (χ2n) is 4.68. The quantitative estimate of drug-likeness (QED) is 0.679. The number of hydrogen-bond acceptors (Lipinski definition) is 6. The largest absolute Gasteiger partial charge is 0.497 e. The number of hydrogen-bond donors (Lipinski definition) is 1. The number of carboxylic acid groups (broad SMARTS) is 1. The van der Waals surface area contributed by atoms with E-state index in [9.17, 15) is 14.4 Å². The summed E-state index contributed by atoms with van der Waals surface area (Å²) in [7, 11) is 1.42. The maximum atomic E-state index is 12.1. The van der Waals surface area contributed by atoms with Crippen LogP contribution < -0.4 is 15.1 Å². The molecular formula is C15H14O7. The van der Waals surface area contributed by atoms with Crippen molar-refractivity contribution in [1.82, 2.24) is 0 Å². The van der Waals surface area contributed by atoms with Crippen molar-refractivity contribution in [2.24, 2.45) is 0 Å². The van der Waals surface area contributed by atoms with Crippen molar-refractivity contribution in [2.75, 3.05) is 7.11 Å². The molecule has 2 rings (SSSR count). The first-order valence-corrected chi connectivity index (χ1v) is 6.40. The van der Waals surface area contributed by atoms with Crippen molar-refractivity contribution in [2.45, 2.75) is 19.8 Å². The van der Waals surface area contributed by atoms with Crippen molar-refractivity contribution >= 4 is 22.7 Å². The Morgan fingerprint density at radius 3 is 2.50 bits per heavy atom. The zero-order chi connectivity index (χ0) is 16.4. The number of carbonyl (C=O) groups is 2. The summed E-state index contributed by atoms with van der Waals surface area (Å²) in [4.78, 5) is 34.3. The molecule has 7 nitrogen and oxygen atoms in total. The topological polar surface area (TPSA) is 103 Å². The number of benzene rings is 1. The van der Waals surface area contributed by atoms with Crippen LogP contribution in [0.5, 0.6) is 11.5 Å². The van der Waals surface area contributed by atoms with Gasteiger partial charge >= 0.3 is 17.6 Å². The second-order valence-corrected chi connectivity index (χ2v) is 4.68. The molecule has 0 radical (unpaired) electrons. The average Bonchev–Trinajstić information content (AvgIpc) is 2.44. The molecule has 0 fully saturated rings. The first kappa shape index (κ1) is 15.6. The lowest BCUT2D eigenvalue weighted by molar-refractivity contribution is -0.138. The van der Waals surface area contributed by atoms with Gasteiger partial charge in [0.05, 0.1) is 7.11 Å². The Morgan fingerprint density at radius 1 is 1.27 bits per heavy atom. The van der Waals surface area contributed by atoms with Crippen molar-refractivity contribution in [3.05, 3.63) is 34.4 Å². The summed E-state index contributed by atoms with van der Waals surface area (Å²) < 4.78 is 15.1. The smallest absolute Gasteiger partial charge is 0.347 e. The van der Waals surface area contributed by atoms with E-state index >= 15 is 0 Å². The predicted molar refractivity (Wildman–Crippen MR) is 76.4 cm³/mol. The Bertz CT molecular complexity index is 803. The number of aliphatic carboxylic acids is 1. The summed E-state index contributed by atoms with van der Waals surface area (Å²) in [5.41, 5.74) is -0.778. The van der Waals surface area contributed by atoms with Gasteiger partial charge in [0.1, 0.15) is 28.6 Å². The van der Waals surface area contributed by atoms with Gasteiger partial charge in [0, 0.05) is 13.0 Å². The van der Waals surface area contributed by atoms with E-state index < -0.39 is 23.5 Å². The highest BCUT2D eigenvalue weighted by Gasteiger charge is 2.20. The van der Waals surface area contributed by atoms with Crippen molar-refractivity contribution in [3.63, 3.8) is 0 Å². The zero-order valence-electron chi connectivity index (χ0n) is 12.2. The lowest BCUT2D eigenvalue weighted by atomic mass is 10.1. The van der Waals surface area contributed by atoms with E-state index in [2.05, 4.69) is 0 Å². The number of fused-ring (bicyclic) bond motifs is 1. The van der Waals surface area contributed by atoms with Gasteiger partial charge in [-0.2, -0.15) is 0 Å². The first-order chi connectivity index (χ1) is 10.3. The van der Waals surface area contributed by atoms with E-state index in [0.717, 1.165) is 0 Å². The van der Waals surface area contributed by atoms with Gasteiger partial charge in [-0.3, -0.25) is 9.59 Å². The van der Waals surface area contributed by atoms with Gasteiger partial charge in [0.25, 0.3) is 0 Å². The van der Waals surface area contributed by atoms with E-state index in [1.54, 1.807) is 0 Å². The average molecular weight is 306 g/mol. The van der Waals surface area contributed by atoms with E-state index in [0.29, 0.717) is 11.1 Å². The molecule has 1 N–H and O–H groups in total. The molecule has 0 bridgehead atoms. The molecule has 1 aromatic heterocycles. The van der Waals surface area contributed by atoms with E-state index in [1.165, 1.54) is 39.2 Å². The maximum Gasteiger partial charge on any atom is 0.347 e. The van der Waals surface area contributed by atoms with Crippen LogP contribution >= 0.6 is 0 Å². The Balaban J connectivity index is 2.75. The molecule has 0 aliphatic heterocycles. The van der Waals surface area contributed by atoms with Gasteiger partial charge in [0.15, 0.2) is 0 Å². The Labute approximate surface area is 125 Å². The molecule has 1 aromatic carbocycles. The third-order valence-corrected chi connectivity index (χ3v) is 3.11. The van der Waals surface area contributed by atoms with Gasteiger partial charge in [-0.15, -0.1) is 0 Å². The summed E-state index contributed by atoms with van der Waals surface area (Å²) in [6.07, 6.45) is 0. The number of carbonyl (C=O) groups excluding carboxylic acids is 1. The molecule has 7 heteroatoms. The van der Waals surface area contributed by atoms with Crippen LogP contribution in [0.25, 0.3) is 10.8 Å². The summed E-state index contributed by atoms with van der Waals surface area (Å²) in [6, 6.07) is 4.35. The normalized spacial score (nSPS) is 12.0. The van der Waals surface area contributed by atoms with Crippen LogP contribution in [0, 0.1) is 0 Å². The Kier molecular flexibility index (Phi) is 4.16. The summed E-state index contributed by atoms with van der Waals surface area (Å²) in [6.45, 7) is 2.60. The SMILES string of the molecule is COc1cc(OC(C)=O)c2c(=O)oc([C@@H](C)C(=O)O)cc2c1. The number of rotatable bonds is 4. The highest BCUT2D eigenvalue weighted by atomic mass is 16.5. The van der Waals surface area contributed by atoms with Crippen LogP contribution in [0.3, 0.4) is 0 Å². The van der Waals surface area contributed by atoms with Gasteiger partial charge < -0.3 is 19.0 Å². The molecule has 0 amide bonds. The molecular weight excluding hydrogens is 292 g/mol. The minimum Gasteiger partial charge on any atom is -0.497 e. The fourth-order valence-corrected chi connectivity index (χ4v) is 1.97. The highest BCUT2D eigenvalue weighted by Crippen LogP contribution is 2.31. The number of methoxy groups -OCH3 is 1. The fraction of sp³-hybridized carbons (Fsp3) is 0.267. The van der Waals surface area contributed by atoms with Crippen molar-refractivity contribution < 1.29 is 28.6 Å². The second kappa shape index (κ2) is 5.88. The van der Waals surface area contributed by atoms with E-state index in [-0.39, 0.29) is 16.9 Å². The molecule has 0 saturated carbocycles. The lowest BCUT2D eigenvalue weighted by Gasteiger charge is -2.10. The van der Waals surface area contributed by atoms with Crippen molar-refractivity contribution in [3.8, 4) is 11.5 Å². The van der Waals surface area contributed by atoms with Gasteiger partial charge in [-0.1, -0.05) is 0 Å². The molecule has 2 aromatic rings. The molecule has 0 spiro atoms. The molecule has 0 saturated heterocycles. The summed E-state index contributed by atoms with van der Waals surface area (Å²) in [5, 5.41) is 9.44. The van der Waals surface area contributed by atoms with Gasteiger partial charge in [-0.25, -0.2) is 4.79 Å². The molecule has 0 aliphatic carbocycles. The van der Waals surface area contributed by atoms with Crippen LogP contribution in [0.15, 0.2) is 27.4 Å². The minimum atomic E-state index is -1.12. The first-order valence-electron chi connectivity index (χ1n) is 6.40. The molecule has 0 unspecified atom stereocenters. The van der Waals surface area contributed by atoms with Crippen molar-refractivity contribution in [1.29, 1.82) is 0 Å². The van der Waals surface area contributed by atoms with Gasteiger partial charge in [-0.05, 0) is 24.4 Å². The molecule has 22 heavy (non-hydrogen) atoms. The third-order valence-electron chi connectivity index (χ3n) is 3.11. The number of carboxylic acids is 1. The zero-order valence-corrected chi connectivity index (χ0v) is 12.2. The standard InChI is InChI=1S/C15H14O7/c1-7(14(17)18)11-5-9-4-10(20-3)6-12(21-8(2)16)13(9)15(19)22-11/h4-7H,1-3H3,(H,17,18)/t7-/m1/s1. The van der Waals surface area contributed by atoms with Crippen LogP contribution in [0.4, 0.5) is 0 Å². The third kappa shape index (κ3) is 2.93. The lowest BCUT2D eigenvalue weighted by Crippen LogP contribution is -2.12. The predicted octanol–water partition coefficient (Wildman–Crippen LogP) is 1.92. The van der Waals surface area contributed by atoms with E-state index in [1.807, 2.05) is 0 Å². The monoisotopic (exact) mass is 306 g/mol. The maximum absolute atomic E-state index is 12.1. The Hall–Kier alpha value is -2.83. The molecule has 0 aliphatic rings. The molecule has 116 valence electrons. The molecule has 1 atom stereocenters. The highest BCUT2D eigenvalue weighted by molar-refractivity contribution is 5.91. The van der Waals surface area contributed by atoms with Gasteiger partial charge in [0.2, 0.25) is 0 Å². The number of ether oxygens (including phenoxy) is 2. The molecule has 1 heterocycles. The fourth-order valence-electron chi connectivity index (χ4n) is 1.97. The van der Waals surface area contributed by atoms with Crippen LogP contribution in [-0.4, -0.2) is 24.2 Å². The summed E-state index contributed by atoms with van der Waals surface area (Å²) >= 11 is 0. The number of esters is 1. The van der Waals surface area contributed by atoms with Crippen LogP contribution in [0.1, 0.15) is 25.5 Å². The van der Waals surface area contributed by atoms with E-state index in [4.69, 9.17) is 19.0 Å². The summed E-state index contributed by atoms with van der Waals surface area (Å²) in [5.74, 6) is -2.33. The van der Waals surface area contributed by atoms with Crippen LogP contribution in [0.2, 0.25) is 0 Å².